The molecule has 0 atom stereocenters. The Hall–Kier alpha value is -2.01. The largest absolute Gasteiger partial charge is 0.497 e. The van der Waals surface area contributed by atoms with Gasteiger partial charge in [0.25, 0.3) is 0 Å². The SMILES string of the molecule is COc1ccc2c(ccn2CC(=O)NCCCOC(C)C)c1. The molecule has 0 aliphatic carbocycles. The molecule has 0 bridgehead atoms. The molecule has 0 spiro atoms. The molecular formula is C17H24N2O3. The van der Waals surface area contributed by atoms with Gasteiger partial charge in [0.1, 0.15) is 12.3 Å². The lowest BCUT2D eigenvalue weighted by molar-refractivity contribution is -0.121. The van der Waals surface area contributed by atoms with Crippen LogP contribution >= 0.6 is 0 Å². The van der Waals surface area contributed by atoms with E-state index in [2.05, 4.69) is 5.32 Å². The average Bonchev–Trinajstić information content (AvgIpc) is 2.88. The van der Waals surface area contributed by atoms with E-state index in [4.69, 9.17) is 9.47 Å². The van der Waals surface area contributed by atoms with Crippen LogP contribution in [0.4, 0.5) is 0 Å². The van der Waals surface area contributed by atoms with Gasteiger partial charge in [0, 0.05) is 30.3 Å². The maximum absolute atomic E-state index is 12.0. The van der Waals surface area contributed by atoms with E-state index in [0.717, 1.165) is 23.1 Å². The number of rotatable bonds is 8. The summed E-state index contributed by atoms with van der Waals surface area (Å²) in [6.07, 6.45) is 2.98. The predicted molar refractivity (Wildman–Crippen MR) is 87.2 cm³/mol. The number of carbonyl (C=O) groups excluding carboxylic acids is 1. The third-order valence-electron chi connectivity index (χ3n) is 3.39. The smallest absolute Gasteiger partial charge is 0.239 e. The number of aromatic nitrogens is 1. The maximum atomic E-state index is 12.0. The lowest BCUT2D eigenvalue weighted by atomic mass is 10.2. The highest BCUT2D eigenvalue weighted by molar-refractivity contribution is 5.84. The summed E-state index contributed by atoms with van der Waals surface area (Å²) in [6.45, 7) is 5.64. The topological polar surface area (TPSA) is 52.5 Å². The summed E-state index contributed by atoms with van der Waals surface area (Å²) in [7, 11) is 1.65. The fourth-order valence-corrected chi connectivity index (χ4v) is 2.27. The van der Waals surface area contributed by atoms with Crippen LogP contribution in [0.3, 0.4) is 0 Å². The van der Waals surface area contributed by atoms with Crippen LogP contribution in [0.2, 0.25) is 0 Å². The highest BCUT2D eigenvalue weighted by Crippen LogP contribution is 2.21. The van der Waals surface area contributed by atoms with E-state index in [1.807, 2.05) is 48.9 Å². The molecule has 5 nitrogen and oxygen atoms in total. The van der Waals surface area contributed by atoms with Crippen LogP contribution in [-0.4, -0.2) is 36.8 Å². The van der Waals surface area contributed by atoms with Crippen molar-refractivity contribution in [3.63, 3.8) is 0 Å². The van der Waals surface area contributed by atoms with Crippen LogP contribution in [0, 0.1) is 0 Å². The van der Waals surface area contributed by atoms with Crippen molar-refractivity contribution in [1.82, 2.24) is 9.88 Å². The molecule has 22 heavy (non-hydrogen) atoms. The summed E-state index contributed by atoms with van der Waals surface area (Å²) in [6, 6.07) is 7.83. The standard InChI is InChI=1S/C17H24N2O3/c1-13(2)22-10-4-8-18-17(20)12-19-9-7-14-11-15(21-3)5-6-16(14)19/h5-7,9,11,13H,4,8,10,12H2,1-3H3,(H,18,20). The van der Waals surface area contributed by atoms with E-state index >= 15 is 0 Å². The number of fused-ring (bicyclic) bond motifs is 1. The molecule has 0 unspecified atom stereocenters. The Labute approximate surface area is 131 Å². The van der Waals surface area contributed by atoms with Crippen molar-refractivity contribution in [1.29, 1.82) is 0 Å². The second-order valence-electron chi connectivity index (χ2n) is 5.49. The van der Waals surface area contributed by atoms with Crippen molar-refractivity contribution < 1.29 is 14.3 Å². The van der Waals surface area contributed by atoms with Gasteiger partial charge < -0.3 is 19.4 Å². The first-order chi connectivity index (χ1) is 10.6. The summed E-state index contributed by atoms with van der Waals surface area (Å²) in [4.78, 5) is 12.0. The zero-order chi connectivity index (χ0) is 15.9. The molecule has 1 amide bonds. The molecular weight excluding hydrogens is 280 g/mol. The van der Waals surface area contributed by atoms with Crippen LogP contribution in [0.25, 0.3) is 10.9 Å². The van der Waals surface area contributed by atoms with Crippen LogP contribution in [0.15, 0.2) is 30.5 Å². The van der Waals surface area contributed by atoms with E-state index < -0.39 is 0 Å². The summed E-state index contributed by atoms with van der Waals surface area (Å²) >= 11 is 0. The van der Waals surface area contributed by atoms with Crippen molar-refractivity contribution in [2.24, 2.45) is 0 Å². The molecule has 0 aliphatic heterocycles. The van der Waals surface area contributed by atoms with Gasteiger partial charge in [0.05, 0.1) is 13.2 Å². The lowest BCUT2D eigenvalue weighted by Crippen LogP contribution is -2.29. The number of hydrogen-bond acceptors (Lipinski definition) is 3. The third-order valence-corrected chi connectivity index (χ3v) is 3.39. The number of methoxy groups -OCH3 is 1. The molecule has 1 heterocycles. The second-order valence-corrected chi connectivity index (χ2v) is 5.49. The summed E-state index contributed by atoms with van der Waals surface area (Å²) < 4.78 is 12.6. The van der Waals surface area contributed by atoms with Gasteiger partial charge in [0.15, 0.2) is 0 Å². The van der Waals surface area contributed by atoms with E-state index in [-0.39, 0.29) is 12.0 Å². The Balaban J connectivity index is 1.84. The normalized spacial score (nSPS) is 11.1. The van der Waals surface area contributed by atoms with Crippen LogP contribution < -0.4 is 10.1 Å². The van der Waals surface area contributed by atoms with Crippen LogP contribution in [-0.2, 0) is 16.1 Å². The Morgan fingerprint density at radius 1 is 1.32 bits per heavy atom. The fraction of sp³-hybridized carbons (Fsp3) is 0.471. The quantitative estimate of drug-likeness (QED) is 0.763. The number of nitrogens with zero attached hydrogens (tertiary/aromatic N) is 1. The van der Waals surface area contributed by atoms with Gasteiger partial charge in [-0.05, 0) is 44.5 Å². The number of hydrogen-bond donors (Lipinski definition) is 1. The molecule has 120 valence electrons. The maximum Gasteiger partial charge on any atom is 0.239 e. The molecule has 2 aromatic rings. The number of ether oxygens (including phenoxy) is 2. The van der Waals surface area contributed by atoms with E-state index in [1.165, 1.54) is 0 Å². The Morgan fingerprint density at radius 3 is 2.86 bits per heavy atom. The number of carbonyl (C=O) groups is 1. The van der Waals surface area contributed by atoms with Gasteiger partial charge in [-0.25, -0.2) is 0 Å². The minimum absolute atomic E-state index is 0.0119. The predicted octanol–water partition coefficient (Wildman–Crippen LogP) is 2.58. The second kappa shape index (κ2) is 7.84. The number of amides is 1. The summed E-state index contributed by atoms with van der Waals surface area (Å²) in [5.74, 6) is 0.831. The van der Waals surface area contributed by atoms with Crippen molar-refractivity contribution >= 4 is 16.8 Å². The zero-order valence-electron chi connectivity index (χ0n) is 13.5. The molecule has 0 fully saturated rings. The molecule has 0 radical (unpaired) electrons. The Bertz CT molecular complexity index is 619. The molecule has 0 saturated heterocycles. The van der Waals surface area contributed by atoms with Gasteiger partial charge in [-0.15, -0.1) is 0 Å². The molecule has 1 aromatic heterocycles. The Kier molecular flexibility index (Phi) is 5.83. The molecule has 1 aromatic carbocycles. The highest BCUT2D eigenvalue weighted by atomic mass is 16.5. The number of nitrogens with one attached hydrogen (secondary N) is 1. The monoisotopic (exact) mass is 304 g/mol. The van der Waals surface area contributed by atoms with Gasteiger partial charge in [-0.2, -0.15) is 0 Å². The van der Waals surface area contributed by atoms with Gasteiger partial charge in [-0.3, -0.25) is 4.79 Å². The minimum Gasteiger partial charge on any atom is -0.497 e. The first-order valence-corrected chi connectivity index (χ1v) is 7.61. The zero-order valence-corrected chi connectivity index (χ0v) is 13.5. The lowest BCUT2D eigenvalue weighted by Gasteiger charge is -2.09. The summed E-state index contributed by atoms with van der Waals surface area (Å²) in [5, 5.41) is 3.98. The van der Waals surface area contributed by atoms with Crippen molar-refractivity contribution in [3.05, 3.63) is 30.5 Å². The van der Waals surface area contributed by atoms with Crippen molar-refractivity contribution in [2.75, 3.05) is 20.3 Å². The average molecular weight is 304 g/mol. The van der Waals surface area contributed by atoms with E-state index in [9.17, 15) is 4.79 Å². The molecule has 0 saturated carbocycles. The molecule has 0 aliphatic rings. The van der Waals surface area contributed by atoms with E-state index in [1.54, 1.807) is 7.11 Å². The van der Waals surface area contributed by atoms with Gasteiger partial charge in [0.2, 0.25) is 5.91 Å². The highest BCUT2D eigenvalue weighted by Gasteiger charge is 2.06. The molecule has 5 heteroatoms. The van der Waals surface area contributed by atoms with Gasteiger partial charge in [-0.1, -0.05) is 0 Å². The summed E-state index contributed by atoms with van der Waals surface area (Å²) in [5.41, 5.74) is 1.03. The molecule has 1 N–H and O–H groups in total. The van der Waals surface area contributed by atoms with Crippen molar-refractivity contribution in [3.8, 4) is 5.75 Å². The molecule has 2 rings (SSSR count). The van der Waals surface area contributed by atoms with E-state index in [0.29, 0.717) is 19.7 Å². The van der Waals surface area contributed by atoms with Crippen molar-refractivity contribution in [2.45, 2.75) is 32.9 Å². The third kappa shape index (κ3) is 4.49. The van der Waals surface area contributed by atoms with Crippen LogP contribution in [0.5, 0.6) is 5.75 Å². The van der Waals surface area contributed by atoms with Crippen LogP contribution in [0.1, 0.15) is 20.3 Å². The van der Waals surface area contributed by atoms with Gasteiger partial charge >= 0.3 is 0 Å². The first kappa shape index (κ1) is 16.4. The number of benzene rings is 1. The Morgan fingerprint density at radius 2 is 2.14 bits per heavy atom. The minimum atomic E-state index is 0.0119. The fourth-order valence-electron chi connectivity index (χ4n) is 2.27. The first-order valence-electron chi connectivity index (χ1n) is 7.61.